The highest BCUT2D eigenvalue weighted by Crippen LogP contribution is 2.29. The van der Waals surface area contributed by atoms with Crippen LogP contribution in [0.1, 0.15) is 11.7 Å². The quantitative estimate of drug-likeness (QED) is 0.568. The fourth-order valence-electron chi connectivity index (χ4n) is 1.58. The first-order chi connectivity index (χ1) is 7.72. The molecule has 4 nitrogen and oxygen atoms in total. The third-order valence-corrected chi connectivity index (χ3v) is 2.37. The van der Waals surface area contributed by atoms with E-state index in [1.807, 2.05) is 0 Å². The highest BCUT2D eigenvalue weighted by molar-refractivity contribution is 6.27. The second kappa shape index (κ2) is 4.51. The van der Waals surface area contributed by atoms with Crippen LogP contribution in [-0.4, -0.2) is 25.0 Å². The predicted molar refractivity (Wildman–Crippen MR) is 51.0 cm³/mol. The first-order valence-electron chi connectivity index (χ1n) is 4.70. The highest BCUT2D eigenvalue weighted by Gasteiger charge is 2.35. The van der Waals surface area contributed by atoms with Crippen molar-refractivity contribution in [3.8, 4) is 0 Å². The van der Waals surface area contributed by atoms with Crippen LogP contribution in [0.25, 0.3) is 0 Å². The van der Waals surface area contributed by atoms with Gasteiger partial charge in [-0.25, -0.2) is 4.39 Å². The SMILES string of the molecule is O=CC(=O)C1OCOC1c1ccc(F)cc1. The molecule has 0 aliphatic carbocycles. The van der Waals surface area contributed by atoms with E-state index in [1.54, 1.807) is 0 Å². The van der Waals surface area contributed by atoms with Crippen molar-refractivity contribution in [1.29, 1.82) is 0 Å². The third-order valence-electron chi connectivity index (χ3n) is 2.37. The second-order valence-corrected chi connectivity index (χ2v) is 3.36. The molecule has 1 aromatic rings. The van der Waals surface area contributed by atoms with E-state index in [1.165, 1.54) is 24.3 Å². The van der Waals surface area contributed by atoms with Crippen LogP contribution < -0.4 is 0 Å². The lowest BCUT2D eigenvalue weighted by molar-refractivity contribution is -0.136. The summed E-state index contributed by atoms with van der Waals surface area (Å²) in [6, 6.07) is 5.53. The Morgan fingerprint density at radius 1 is 1.31 bits per heavy atom. The van der Waals surface area contributed by atoms with Gasteiger partial charge in [-0.3, -0.25) is 9.59 Å². The van der Waals surface area contributed by atoms with Gasteiger partial charge in [-0.2, -0.15) is 0 Å². The van der Waals surface area contributed by atoms with Gasteiger partial charge in [0, 0.05) is 0 Å². The largest absolute Gasteiger partial charge is 0.344 e. The zero-order chi connectivity index (χ0) is 11.5. The van der Waals surface area contributed by atoms with Crippen molar-refractivity contribution in [1.82, 2.24) is 0 Å². The maximum atomic E-state index is 12.7. The highest BCUT2D eigenvalue weighted by atomic mass is 19.1. The average molecular weight is 224 g/mol. The van der Waals surface area contributed by atoms with Gasteiger partial charge >= 0.3 is 0 Å². The van der Waals surface area contributed by atoms with Gasteiger partial charge in [0.15, 0.2) is 12.4 Å². The van der Waals surface area contributed by atoms with E-state index in [-0.39, 0.29) is 18.9 Å². The van der Waals surface area contributed by atoms with Crippen LogP contribution in [0, 0.1) is 5.82 Å². The van der Waals surface area contributed by atoms with Crippen LogP contribution in [-0.2, 0) is 19.1 Å². The van der Waals surface area contributed by atoms with Crippen LogP contribution in [0.4, 0.5) is 4.39 Å². The van der Waals surface area contributed by atoms with Gasteiger partial charge in [0.1, 0.15) is 18.7 Å². The van der Waals surface area contributed by atoms with E-state index < -0.39 is 18.0 Å². The number of Topliss-reactive ketones (excluding diaryl/α,β-unsaturated/α-hetero) is 1. The standard InChI is InChI=1S/C11H9FO4/c12-8-3-1-7(2-4-8)10-11(9(14)5-13)16-6-15-10/h1-5,10-11H,6H2. The van der Waals surface area contributed by atoms with Gasteiger partial charge in [0.05, 0.1) is 0 Å². The smallest absolute Gasteiger partial charge is 0.226 e. The maximum absolute atomic E-state index is 12.7. The lowest BCUT2D eigenvalue weighted by Crippen LogP contribution is -2.26. The fraction of sp³-hybridized carbons (Fsp3) is 0.273. The molecule has 0 amide bonds. The van der Waals surface area contributed by atoms with E-state index in [4.69, 9.17) is 9.47 Å². The minimum absolute atomic E-state index is 0.0493. The summed E-state index contributed by atoms with van der Waals surface area (Å²) in [5.41, 5.74) is 0.610. The molecule has 0 bridgehead atoms. The summed E-state index contributed by atoms with van der Waals surface area (Å²) in [6.07, 6.45) is -1.36. The van der Waals surface area contributed by atoms with Gasteiger partial charge in [-0.05, 0) is 17.7 Å². The monoisotopic (exact) mass is 224 g/mol. The minimum atomic E-state index is -0.928. The van der Waals surface area contributed by atoms with Crippen LogP contribution in [0.5, 0.6) is 0 Å². The number of benzene rings is 1. The first-order valence-corrected chi connectivity index (χ1v) is 4.70. The molecule has 5 heteroatoms. The van der Waals surface area contributed by atoms with E-state index in [2.05, 4.69) is 0 Å². The number of ether oxygens (including phenoxy) is 2. The molecule has 1 saturated heterocycles. The molecule has 2 atom stereocenters. The van der Waals surface area contributed by atoms with Crippen molar-refractivity contribution in [2.45, 2.75) is 12.2 Å². The average Bonchev–Trinajstić information content (AvgIpc) is 2.78. The van der Waals surface area contributed by atoms with Crippen LogP contribution in [0.3, 0.4) is 0 Å². The molecule has 1 heterocycles. The van der Waals surface area contributed by atoms with Crippen LogP contribution in [0.2, 0.25) is 0 Å². The lowest BCUT2D eigenvalue weighted by atomic mass is 10.0. The molecule has 0 aromatic heterocycles. The number of carbonyl (C=O) groups excluding carboxylic acids is 2. The summed E-state index contributed by atoms with van der Waals surface area (Å²) in [5, 5.41) is 0. The molecule has 1 aliphatic rings. The summed E-state index contributed by atoms with van der Waals surface area (Å²) in [4.78, 5) is 21.6. The summed E-state index contributed by atoms with van der Waals surface area (Å²) in [6.45, 7) is -0.0493. The number of rotatable bonds is 3. The minimum Gasteiger partial charge on any atom is -0.344 e. The number of ketones is 1. The van der Waals surface area contributed by atoms with Gasteiger partial charge in [-0.15, -0.1) is 0 Å². The van der Waals surface area contributed by atoms with Gasteiger partial charge in [-0.1, -0.05) is 12.1 Å². The number of halogens is 1. The Labute approximate surface area is 91.0 Å². The first kappa shape index (κ1) is 10.9. The van der Waals surface area contributed by atoms with Crippen molar-refractivity contribution in [2.24, 2.45) is 0 Å². The molecule has 84 valence electrons. The number of hydrogen-bond acceptors (Lipinski definition) is 4. The Kier molecular flexibility index (Phi) is 3.07. The molecule has 0 radical (unpaired) electrons. The Hall–Kier alpha value is -1.59. The third kappa shape index (κ3) is 2.00. The molecule has 1 fully saturated rings. The molecule has 0 spiro atoms. The molecular formula is C11H9FO4. The van der Waals surface area contributed by atoms with E-state index >= 15 is 0 Å². The van der Waals surface area contributed by atoms with Crippen molar-refractivity contribution in [2.75, 3.05) is 6.79 Å². The lowest BCUT2D eigenvalue weighted by Gasteiger charge is -2.13. The van der Waals surface area contributed by atoms with Gasteiger partial charge < -0.3 is 9.47 Å². The van der Waals surface area contributed by atoms with E-state index in [0.29, 0.717) is 5.56 Å². The number of carbonyl (C=O) groups is 2. The molecular weight excluding hydrogens is 215 g/mol. The van der Waals surface area contributed by atoms with E-state index in [0.717, 1.165) is 0 Å². The van der Waals surface area contributed by atoms with Crippen molar-refractivity contribution < 1.29 is 23.5 Å². The fourth-order valence-corrected chi connectivity index (χ4v) is 1.58. The van der Waals surface area contributed by atoms with Gasteiger partial charge in [0.2, 0.25) is 5.78 Å². The summed E-state index contributed by atoms with van der Waals surface area (Å²) >= 11 is 0. The van der Waals surface area contributed by atoms with Crippen LogP contribution >= 0.6 is 0 Å². The normalized spacial score (nSPS) is 24.3. The summed E-state index contributed by atoms with van der Waals surface area (Å²) < 4.78 is 22.9. The van der Waals surface area contributed by atoms with Gasteiger partial charge in [0.25, 0.3) is 0 Å². The maximum Gasteiger partial charge on any atom is 0.226 e. The Bertz CT molecular complexity index is 401. The molecule has 0 N–H and O–H groups in total. The van der Waals surface area contributed by atoms with E-state index in [9.17, 15) is 14.0 Å². The Morgan fingerprint density at radius 2 is 2.00 bits per heavy atom. The topological polar surface area (TPSA) is 52.6 Å². The Morgan fingerprint density at radius 3 is 2.62 bits per heavy atom. The Balaban J connectivity index is 2.22. The molecule has 16 heavy (non-hydrogen) atoms. The van der Waals surface area contributed by atoms with Crippen molar-refractivity contribution in [3.63, 3.8) is 0 Å². The number of aldehydes is 1. The zero-order valence-corrected chi connectivity index (χ0v) is 8.26. The predicted octanol–water partition coefficient (Wildman–Crippen LogP) is 1.01. The molecule has 2 unspecified atom stereocenters. The van der Waals surface area contributed by atoms with Crippen molar-refractivity contribution >= 4 is 12.1 Å². The summed E-state index contributed by atoms with van der Waals surface area (Å²) in [5.74, 6) is -1.05. The molecule has 1 aromatic carbocycles. The zero-order valence-electron chi connectivity index (χ0n) is 8.26. The number of hydrogen-bond donors (Lipinski definition) is 0. The molecule has 1 aliphatic heterocycles. The summed E-state index contributed by atoms with van der Waals surface area (Å²) in [7, 11) is 0. The van der Waals surface area contributed by atoms with Crippen LogP contribution in [0.15, 0.2) is 24.3 Å². The molecule has 0 saturated carbocycles. The second-order valence-electron chi connectivity index (χ2n) is 3.36. The molecule has 2 rings (SSSR count). The van der Waals surface area contributed by atoms with Crippen molar-refractivity contribution in [3.05, 3.63) is 35.6 Å².